The van der Waals surface area contributed by atoms with Crippen LogP contribution in [0.1, 0.15) is 47.9 Å². The van der Waals surface area contributed by atoms with Crippen molar-refractivity contribution in [2.75, 3.05) is 27.3 Å². The second-order valence-corrected chi connectivity index (χ2v) is 11.7. The maximum absolute atomic E-state index is 14.3. The first-order valence-corrected chi connectivity index (χ1v) is 14.8. The Morgan fingerprint density at radius 1 is 0.738 bits per heavy atom. The number of rotatable bonds is 7. The summed E-state index contributed by atoms with van der Waals surface area (Å²) in [5.41, 5.74) is 2.58. The number of carbonyl (C=O) groups excluding carboxylic acids is 1. The Labute approximate surface area is 248 Å². The maximum Gasteiger partial charge on any atom is 0.229 e. The molecule has 1 amide bonds. The molecule has 4 aromatic carbocycles. The Kier molecular flexibility index (Phi) is 7.54. The lowest BCUT2D eigenvalue weighted by Gasteiger charge is -2.53. The van der Waals surface area contributed by atoms with Gasteiger partial charge < -0.3 is 19.5 Å². The third kappa shape index (κ3) is 4.47. The van der Waals surface area contributed by atoms with Gasteiger partial charge in [0.15, 0.2) is 0 Å². The predicted octanol–water partition coefficient (Wildman–Crippen LogP) is 6.55. The molecule has 4 aromatic rings. The summed E-state index contributed by atoms with van der Waals surface area (Å²) in [6, 6.07) is 36.8. The standard InChI is InChI=1S/C37H39NO4/c1-26(29-18-10-12-20-33(29)41-2)35(39)38-24-31-32(25-38)37(40,30-19-11-13-21-34(30)42-3)23-22-36(31,27-14-6-4-7-15-27)28-16-8-5-9-17-28/h4-21,26,31-32,40H,22-25H2,1-3H3/t26-,31?,32?,37?/m0/s1. The number of nitrogens with zero attached hydrogens (tertiary/aromatic N) is 1. The lowest BCUT2D eigenvalue weighted by molar-refractivity contribution is -0.132. The summed E-state index contributed by atoms with van der Waals surface area (Å²) in [7, 11) is 3.29. The van der Waals surface area contributed by atoms with Crippen LogP contribution in [0.2, 0.25) is 0 Å². The van der Waals surface area contributed by atoms with Crippen LogP contribution in [0.15, 0.2) is 109 Å². The molecule has 0 aromatic heterocycles. The van der Waals surface area contributed by atoms with Gasteiger partial charge in [-0.3, -0.25) is 4.79 Å². The Morgan fingerprint density at radius 3 is 1.88 bits per heavy atom. The molecule has 1 saturated heterocycles. The number of ether oxygens (including phenoxy) is 2. The minimum Gasteiger partial charge on any atom is -0.496 e. The molecule has 5 heteroatoms. The van der Waals surface area contributed by atoms with Gasteiger partial charge in [0.2, 0.25) is 5.91 Å². The van der Waals surface area contributed by atoms with E-state index in [1.807, 2.05) is 72.5 Å². The molecule has 42 heavy (non-hydrogen) atoms. The first kappa shape index (κ1) is 28.0. The van der Waals surface area contributed by atoms with E-state index >= 15 is 0 Å². The Morgan fingerprint density at radius 2 is 1.26 bits per heavy atom. The molecule has 1 aliphatic heterocycles. The van der Waals surface area contributed by atoms with Crippen LogP contribution in [-0.4, -0.2) is 43.2 Å². The number of amides is 1. The van der Waals surface area contributed by atoms with Crippen molar-refractivity contribution < 1.29 is 19.4 Å². The first-order chi connectivity index (χ1) is 20.4. The van der Waals surface area contributed by atoms with Crippen LogP contribution in [-0.2, 0) is 15.8 Å². The summed E-state index contributed by atoms with van der Waals surface area (Å²) in [4.78, 5) is 16.3. The molecule has 2 aliphatic rings. The monoisotopic (exact) mass is 561 g/mol. The highest BCUT2D eigenvalue weighted by atomic mass is 16.5. The fourth-order valence-corrected chi connectivity index (χ4v) is 7.85. The van der Waals surface area contributed by atoms with Gasteiger partial charge in [0.25, 0.3) is 0 Å². The van der Waals surface area contributed by atoms with E-state index in [0.29, 0.717) is 31.0 Å². The van der Waals surface area contributed by atoms with Crippen molar-refractivity contribution in [1.29, 1.82) is 0 Å². The molecule has 2 fully saturated rings. The topological polar surface area (TPSA) is 59.0 Å². The van der Waals surface area contributed by atoms with E-state index in [0.717, 1.165) is 17.5 Å². The Hall–Kier alpha value is -4.09. The number of benzene rings is 4. The van der Waals surface area contributed by atoms with Gasteiger partial charge in [-0.1, -0.05) is 97.1 Å². The van der Waals surface area contributed by atoms with Gasteiger partial charge >= 0.3 is 0 Å². The van der Waals surface area contributed by atoms with Gasteiger partial charge in [-0.05, 0) is 48.9 Å². The molecular weight excluding hydrogens is 522 g/mol. The van der Waals surface area contributed by atoms with Crippen LogP contribution in [0.5, 0.6) is 11.5 Å². The van der Waals surface area contributed by atoms with Crippen LogP contribution in [0.25, 0.3) is 0 Å². The van der Waals surface area contributed by atoms with Crippen LogP contribution in [0.3, 0.4) is 0 Å². The highest BCUT2D eigenvalue weighted by molar-refractivity contribution is 5.84. The molecule has 1 aliphatic carbocycles. The molecule has 6 rings (SSSR count). The molecular formula is C37H39NO4. The van der Waals surface area contributed by atoms with E-state index in [1.165, 1.54) is 11.1 Å². The number of aliphatic hydroxyl groups is 1. The van der Waals surface area contributed by atoms with Gasteiger partial charge in [-0.15, -0.1) is 0 Å². The quantitative estimate of drug-likeness (QED) is 0.278. The highest BCUT2D eigenvalue weighted by Crippen LogP contribution is 2.60. The molecule has 1 heterocycles. The number of hydrogen-bond acceptors (Lipinski definition) is 4. The molecule has 216 valence electrons. The van der Waals surface area contributed by atoms with Crippen molar-refractivity contribution in [2.45, 2.75) is 36.7 Å². The van der Waals surface area contributed by atoms with Gasteiger partial charge in [-0.25, -0.2) is 0 Å². The fourth-order valence-electron chi connectivity index (χ4n) is 7.85. The van der Waals surface area contributed by atoms with E-state index in [4.69, 9.17) is 9.47 Å². The molecule has 0 bridgehead atoms. The van der Waals surface area contributed by atoms with Gasteiger partial charge in [0.1, 0.15) is 11.5 Å². The van der Waals surface area contributed by atoms with Crippen LogP contribution in [0, 0.1) is 11.8 Å². The lowest BCUT2D eigenvalue weighted by Crippen LogP contribution is -2.53. The minimum atomic E-state index is -1.16. The van der Waals surface area contributed by atoms with Gasteiger partial charge in [0, 0.05) is 35.5 Å². The average molecular weight is 562 g/mol. The molecule has 0 radical (unpaired) electrons. The summed E-state index contributed by atoms with van der Waals surface area (Å²) in [6.45, 7) is 2.96. The smallest absolute Gasteiger partial charge is 0.229 e. The summed E-state index contributed by atoms with van der Waals surface area (Å²) in [5.74, 6) is 0.813. The van der Waals surface area contributed by atoms with Crippen molar-refractivity contribution in [3.05, 3.63) is 131 Å². The number of likely N-dealkylation sites (tertiary alicyclic amines) is 1. The van der Waals surface area contributed by atoms with E-state index in [1.54, 1.807) is 14.2 Å². The summed E-state index contributed by atoms with van der Waals surface area (Å²) < 4.78 is 11.4. The molecule has 4 atom stereocenters. The first-order valence-electron chi connectivity index (χ1n) is 14.8. The van der Waals surface area contributed by atoms with E-state index in [2.05, 4.69) is 48.5 Å². The SMILES string of the molecule is COc1ccccc1[C@H](C)C(=O)N1CC2C(C1)C(c1ccccc1)(c1ccccc1)CCC2(O)c1ccccc1OC. The van der Waals surface area contributed by atoms with E-state index < -0.39 is 5.60 Å². The summed E-state index contributed by atoms with van der Waals surface area (Å²) in [5, 5.41) is 12.8. The zero-order chi connectivity index (χ0) is 29.3. The third-order valence-electron chi connectivity index (χ3n) is 9.91. The van der Waals surface area contributed by atoms with E-state index in [-0.39, 0.29) is 29.1 Å². The molecule has 3 unspecified atom stereocenters. The predicted molar refractivity (Wildman–Crippen MR) is 165 cm³/mol. The summed E-state index contributed by atoms with van der Waals surface area (Å²) in [6.07, 6.45) is 1.28. The molecule has 1 saturated carbocycles. The van der Waals surface area contributed by atoms with Crippen LogP contribution >= 0.6 is 0 Å². The third-order valence-corrected chi connectivity index (χ3v) is 9.91. The van der Waals surface area contributed by atoms with Crippen molar-refractivity contribution in [1.82, 2.24) is 4.90 Å². The van der Waals surface area contributed by atoms with Crippen molar-refractivity contribution in [2.24, 2.45) is 11.8 Å². The fraction of sp³-hybridized carbons (Fsp3) is 0.324. The number of carbonyl (C=O) groups is 1. The summed E-state index contributed by atoms with van der Waals surface area (Å²) >= 11 is 0. The highest BCUT2D eigenvalue weighted by Gasteiger charge is 2.61. The van der Waals surface area contributed by atoms with Crippen molar-refractivity contribution in [3.63, 3.8) is 0 Å². The Bertz CT molecular complexity index is 1500. The average Bonchev–Trinajstić information content (AvgIpc) is 3.52. The number of para-hydroxylation sites is 2. The normalized spacial score (nSPS) is 23.6. The van der Waals surface area contributed by atoms with Crippen molar-refractivity contribution in [3.8, 4) is 11.5 Å². The van der Waals surface area contributed by atoms with Crippen molar-refractivity contribution >= 4 is 5.91 Å². The van der Waals surface area contributed by atoms with Crippen LogP contribution < -0.4 is 9.47 Å². The van der Waals surface area contributed by atoms with Gasteiger partial charge in [-0.2, -0.15) is 0 Å². The molecule has 5 nitrogen and oxygen atoms in total. The van der Waals surface area contributed by atoms with Gasteiger partial charge in [0.05, 0.1) is 25.7 Å². The second kappa shape index (κ2) is 11.3. The Balaban J connectivity index is 1.49. The zero-order valence-corrected chi connectivity index (χ0v) is 24.6. The number of fused-ring (bicyclic) bond motifs is 1. The maximum atomic E-state index is 14.3. The largest absolute Gasteiger partial charge is 0.496 e. The minimum absolute atomic E-state index is 0.0280. The molecule has 1 N–H and O–H groups in total. The zero-order valence-electron chi connectivity index (χ0n) is 24.6. The number of methoxy groups -OCH3 is 2. The van der Waals surface area contributed by atoms with Crippen LogP contribution in [0.4, 0.5) is 0 Å². The molecule has 0 spiro atoms. The number of hydrogen-bond donors (Lipinski definition) is 1. The van der Waals surface area contributed by atoms with E-state index in [9.17, 15) is 9.90 Å². The lowest BCUT2D eigenvalue weighted by atomic mass is 9.52. The second-order valence-electron chi connectivity index (χ2n) is 11.7.